The van der Waals surface area contributed by atoms with Crippen LogP contribution < -0.4 is 0 Å². The van der Waals surface area contributed by atoms with E-state index < -0.39 is 6.37 Å². The Kier molecular flexibility index (Phi) is 5.17. The first-order chi connectivity index (χ1) is 18.3. The van der Waals surface area contributed by atoms with Gasteiger partial charge in [0.25, 0.3) is 0 Å². The number of thiophene rings is 1. The number of para-hydroxylation sites is 2. The van der Waals surface area contributed by atoms with Crippen LogP contribution in [0.4, 0.5) is 0 Å². The molecule has 0 N–H and O–H groups in total. The number of rotatable bonds is 5. The number of aryl methyl sites for hydroxylation is 2. The summed E-state index contributed by atoms with van der Waals surface area (Å²) in [4.78, 5) is 5.12. The molecule has 0 fully saturated rings. The third-order valence-corrected chi connectivity index (χ3v) is 7.62. The average molecular weight is 489 g/mol. The highest BCUT2D eigenvalue weighted by Gasteiger charge is 2.19. The number of imidazole rings is 1. The third-order valence-electron chi connectivity index (χ3n) is 6.67. The lowest BCUT2D eigenvalue weighted by molar-refractivity contribution is 0.648. The van der Waals surface area contributed by atoms with Crippen LogP contribution >= 0.6 is 11.3 Å². The summed E-state index contributed by atoms with van der Waals surface area (Å²) < 4.78 is 20.5. The maximum Gasteiger partial charge on any atom is 0.147 e. The van der Waals surface area contributed by atoms with Crippen molar-refractivity contribution in [2.24, 2.45) is 5.92 Å². The van der Waals surface area contributed by atoms with Gasteiger partial charge in [-0.25, -0.2) is 4.98 Å². The molecule has 0 saturated heterocycles. The maximum atomic E-state index is 8.56. The molecule has 2 heterocycles. The second-order valence-corrected chi connectivity index (χ2v) is 10.7. The summed E-state index contributed by atoms with van der Waals surface area (Å²) in [6.45, 7) is 8.22. The second kappa shape index (κ2) is 9.07. The van der Waals surface area contributed by atoms with Crippen LogP contribution in [0.3, 0.4) is 0 Å². The van der Waals surface area contributed by atoms with Gasteiger partial charge in [-0.15, -0.1) is 11.3 Å². The molecule has 2 aromatic heterocycles. The van der Waals surface area contributed by atoms with Crippen molar-refractivity contribution in [1.29, 1.82) is 0 Å². The molecule has 0 unspecified atom stereocenters. The molecule has 0 spiro atoms. The van der Waals surface area contributed by atoms with Crippen LogP contribution in [0.25, 0.3) is 49.3 Å². The monoisotopic (exact) mass is 488 g/mol. The fourth-order valence-corrected chi connectivity index (χ4v) is 6.20. The summed E-state index contributed by atoms with van der Waals surface area (Å²) in [5.74, 6) is 0.803. The molecule has 0 bridgehead atoms. The van der Waals surface area contributed by atoms with Crippen LogP contribution in [0.5, 0.6) is 0 Å². The Morgan fingerprint density at radius 1 is 0.889 bits per heavy atom. The fourth-order valence-electron chi connectivity index (χ4n) is 5.22. The minimum absolute atomic E-state index is 0.103. The summed E-state index contributed by atoms with van der Waals surface area (Å²) in [6, 6.07) is 29.4. The van der Waals surface area contributed by atoms with Crippen molar-refractivity contribution in [3.8, 4) is 28.2 Å². The maximum absolute atomic E-state index is 8.56. The van der Waals surface area contributed by atoms with Crippen LogP contribution in [-0.4, -0.2) is 9.55 Å². The molecule has 2 nitrogen and oxygen atoms in total. The average Bonchev–Trinajstić information content (AvgIpc) is 3.49. The molecule has 0 aliphatic carbocycles. The molecule has 0 aliphatic rings. The van der Waals surface area contributed by atoms with Gasteiger partial charge < -0.3 is 0 Å². The SMILES string of the molecule is [2H]C([2H])(c1ccc2c(-c3nc4ccccc4n3-c3cc(C)c(-c4ccccc4)c(C)c3)csc2c1)C(C)C. The fraction of sp³-hybridized carbons (Fsp3) is 0.182. The molecular weight excluding hydrogens is 456 g/mol. The molecule has 36 heavy (non-hydrogen) atoms. The summed E-state index contributed by atoms with van der Waals surface area (Å²) in [5.41, 5.74) is 9.87. The normalized spacial score (nSPS) is 12.9. The van der Waals surface area contributed by atoms with E-state index in [4.69, 9.17) is 7.73 Å². The number of nitrogens with zero attached hydrogens (tertiary/aromatic N) is 2. The Morgan fingerprint density at radius 3 is 2.36 bits per heavy atom. The Bertz CT molecular complexity index is 1770. The molecule has 6 rings (SSSR count). The molecule has 0 amide bonds. The number of fused-ring (bicyclic) bond motifs is 2. The first-order valence-electron chi connectivity index (χ1n) is 13.4. The van der Waals surface area contributed by atoms with Crippen molar-refractivity contribution in [3.63, 3.8) is 0 Å². The van der Waals surface area contributed by atoms with Crippen LogP contribution in [0.15, 0.2) is 90.3 Å². The van der Waals surface area contributed by atoms with Gasteiger partial charge in [-0.05, 0) is 84.3 Å². The van der Waals surface area contributed by atoms with E-state index in [0.29, 0.717) is 0 Å². The van der Waals surface area contributed by atoms with Crippen molar-refractivity contribution in [1.82, 2.24) is 9.55 Å². The zero-order valence-corrected chi connectivity index (χ0v) is 21.9. The van der Waals surface area contributed by atoms with Crippen LogP contribution in [0.2, 0.25) is 0 Å². The lowest BCUT2D eigenvalue weighted by atomic mass is 9.95. The predicted molar refractivity (Wildman–Crippen MR) is 155 cm³/mol. The second-order valence-electron chi connectivity index (χ2n) is 9.74. The van der Waals surface area contributed by atoms with Gasteiger partial charge in [0.1, 0.15) is 5.82 Å². The van der Waals surface area contributed by atoms with E-state index >= 15 is 0 Å². The third kappa shape index (κ3) is 3.94. The van der Waals surface area contributed by atoms with Crippen LogP contribution in [0, 0.1) is 19.8 Å². The quantitative estimate of drug-likeness (QED) is 0.236. The standard InChI is InChI=1S/C33H30N2S/c1-21(2)16-24-14-15-27-28(20-36-31(27)19-24)33-34-29-12-8-9-13-30(29)35(33)26-17-22(3)32(23(4)18-26)25-10-6-5-7-11-25/h5-15,17-21H,16H2,1-4H3/i16D2. The van der Waals surface area contributed by atoms with Crippen molar-refractivity contribution in [3.05, 3.63) is 107 Å². The van der Waals surface area contributed by atoms with Gasteiger partial charge in [-0.2, -0.15) is 0 Å². The highest BCUT2D eigenvalue weighted by Crippen LogP contribution is 2.38. The topological polar surface area (TPSA) is 17.8 Å². The summed E-state index contributed by atoms with van der Waals surface area (Å²) in [7, 11) is 0. The number of hydrogen-bond donors (Lipinski definition) is 0. The van der Waals surface area contributed by atoms with Gasteiger partial charge in [-0.3, -0.25) is 4.57 Å². The zero-order valence-electron chi connectivity index (χ0n) is 23.0. The van der Waals surface area contributed by atoms with Gasteiger partial charge in [0.15, 0.2) is 0 Å². The number of aromatic nitrogens is 2. The Balaban J connectivity index is 1.55. The van der Waals surface area contributed by atoms with Gasteiger partial charge >= 0.3 is 0 Å². The first kappa shape index (κ1) is 20.5. The van der Waals surface area contributed by atoms with Gasteiger partial charge in [0.2, 0.25) is 0 Å². The minimum Gasteiger partial charge on any atom is -0.292 e. The summed E-state index contributed by atoms with van der Waals surface area (Å²) in [5, 5.41) is 3.26. The van der Waals surface area contributed by atoms with E-state index in [-0.39, 0.29) is 5.92 Å². The van der Waals surface area contributed by atoms with Crippen LogP contribution in [0.1, 0.15) is 33.3 Å². The highest BCUT2D eigenvalue weighted by molar-refractivity contribution is 7.17. The molecule has 4 aromatic carbocycles. The minimum atomic E-state index is -1.37. The van der Waals surface area contributed by atoms with Gasteiger partial charge in [-0.1, -0.05) is 68.4 Å². The van der Waals surface area contributed by atoms with E-state index in [1.54, 1.807) is 11.3 Å². The van der Waals surface area contributed by atoms with Gasteiger partial charge in [0, 0.05) is 29.5 Å². The molecule has 0 radical (unpaired) electrons. The Hall–Kier alpha value is -3.69. The van der Waals surface area contributed by atoms with E-state index in [0.717, 1.165) is 43.8 Å². The Labute approximate surface area is 219 Å². The highest BCUT2D eigenvalue weighted by atomic mass is 32.1. The van der Waals surface area contributed by atoms with E-state index in [2.05, 4.69) is 90.5 Å². The molecule has 178 valence electrons. The van der Waals surface area contributed by atoms with E-state index in [1.807, 2.05) is 32.0 Å². The lowest BCUT2D eigenvalue weighted by Gasteiger charge is -2.16. The van der Waals surface area contributed by atoms with Crippen molar-refractivity contribution < 1.29 is 2.74 Å². The lowest BCUT2D eigenvalue weighted by Crippen LogP contribution is -2.00. The van der Waals surface area contributed by atoms with Crippen molar-refractivity contribution >= 4 is 32.5 Å². The molecule has 0 saturated carbocycles. The predicted octanol–water partition coefficient (Wildman–Crippen LogP) is 9.39. The molecule has 6 aromatic rings. The molecular formula is C33H30N2S. The van der Waals surface area contributed by atoms with Crippen molar-refractivity contribution in [2.75, 3.05) is 0 Å². The molecule has 0 atom stereocenters. The summed E-state index contributed by atoms with van der Waals surface area (Å²) >= 11 is 1.65. The van der Waals surface area contributed by atoms with Crippen LogP contribution in [-0.2, 0) is 6.37 Å². The van der Waals surface area contributed by atoms with E-state index in [9.17, 15) is 0 Å². The van der Waals surface area contributed by atoms with Crippen molar-refractivity contribution in [2.45, 2.75) is 34.1 Å². The van der Waals surface area contributed by atoms with Gasteiger partial charge in [0.05, 0.1) is 11.0 Å². The largest absolute Gasteiger partial charge is 0.292 e. The molecule has 0 aliphatic heterocycles. The zero-order chi connectivity index (χ0) is 26.6. The number of hydrogen-bond acceptors (Lipinski definition) is 2. The van der Waals surface area contributed by atoms with E-state index in [1.165, 1.54) is 22.3 Å². The summed E-state index contributed by atoms with van der Waals surface area (Å²) in [6.07, 6.45) is -1.37. The number of benzene rings is 4. The smallest absolute Gasteiger partial charge is 0.147 e. The Morgan fingerprint density at radius 2 is 1.61 bits per heavy atom. The molecule has 3 heteroatoms. The first-order valence-corrected chi connectivity index (χ1v) is 13.3.